The SMILES string of the molecule is CC(C)(C)OC(=O)NCCOc1cc(-c2ccc(Cl)cc2)on1.CCc1c(OCCNC(=O)OC(C)(C)C)noc1-c1ccc(Cl)cc1. The zero-order valence-corrected chi connectivity index (χ0v) is 29.7. The third kappa shape index (κ3) is 13.4. The Kier molecular flexibility index (Phi) is 14.0. The van der Waals surface area contributed by atoms with Gasteiger partial charge in [0.2, 0.25) is 0 Å². The number of carbonyl (C=O) groups excluding carboxylic acids is 2. The zero-order valence-electron chi connectivity index (χ0n) is 28.1. The minimum Gasteiger partial charge on any atom is -0.474 e. The molecular weight excluding hydrogens is 663 g/mol. The average Bonchev–Trinajstić information content (AvgIpc) is 3.64. The number of hydrogen-bond acceptors (Lipinski definition) is 10. The van der Waals surface area contributed by atoms with Crippen LogP contribution in [-0.2, 0) is 15.9 Å². The summed E-state index contributed by atoms with van der Waals surface area (Å²) in [5, 5.41) is 14.3. The largest absolute Gasteiger partial charge is 0.474 e. The van der Waals surface area contributed by atoms with Gasteiger partial charge in [-0.2, -0.15) is 0 Å². The molecule has 12 nitrogen and oxygen atoms in total. The lowest BCUT2D eigenvalue weighted by atomic mass is 10.1. The first kappa shape index (κ1) is 38.0. The van der Waals surface area contributed by atoms with Crippen LogP contribution in [-0.4, -0.2) is 60.0 Å². The van der Waals surface area contributed by atoms with Crippen LogP contribution in [0.5, 0.6) is 11.8 Å². The smallest absolute Gasteiger partial charge is 0.407 e. The zero-order chi connectivity index (χ0) is 35.3. The lowest BCUT2D eigenvalue weighted by Gasteiger charge is -2.19. The van der Waals surface area contributed by atoms with Crippen molar-refractivity contribution < 1.29 is 37.6 Å². The molecule has 2 N–H and O–H groups in total. The maximum absolute atomic E-state index is 11.6. The fourth-order valence-electron chi connectivity index (χ4n) is 3.86. The van der Waals surface area contributed by atoms with Crippen LogP contribution in [0.1, 0.15) is 54.0 Å². The summed E-state index contributed by atoms with van der Waals surface area (Å²) >= 11 is 11.8. The Hall–Kier alpha value is -4.42. The molecule has 0 fully saturated rings. The summed E-state index contributed by atoms with van der Waals surface area (Å²) in [6, 6.07) is 16.2. The van der Waals surface area contributed by atoms with Gasteiger partial charge in [-0.05, 0) is 107 Å². The Morgan fingerprint density at radius 3 is 1.73 bits per heavy atom. The molecule has 0 saturated heterocycles. The van der Waals surface area contributed by atoms with Gasteiger partial charge < -0.3 is 38.6 Å². The van der Waals surface area contributed by atoms with Crippen LogP contribution in [0.25, 0.3) is 22.6 Å². The van der Waals surface area contributed by atoms with Crippen LogP contribution in [0.2, 0.25) is 10.0 Å². The maximum Gasteiger partial charge on any atom is 0.407 e. The van der Waals surface area contributed by atoms with Crippen molar-refractivity contribution in [3.63, 3.8) is 0 Å². The van der Waals surface area contributed by atoms with Gasteiger partial charge >= 0.3 is 12.2 Å². The first-order chi connectivity index (χ1) is 22.6. The first-order valence-electron chi connectivity index (χ1n) is 15.3. The van der Waals surface area contributed by atoms with Crippen molar-refractivity contribution in [3.8, 4) is 34.4 Å². The van der Waals surface area contributed by atoms with E-state index >= 15 is 0 Å². The van der Waals surface area contributed by atoms with Crippen LogP contribution < -0.4 is 20.1 Å². The van der Waals surface area contributed by atoms with Gasteiger partial charge in [0.25, 0.3) is 11.8 Å². The summed E-state index contributed by atoms with van der Waals surface area (Å²) in [6.07, 6.45) is -0.257. The number of alkyl carbamates (subject to hydrolysis) is 2. The predicted molar refractivity (Wildman–Crippen MR) is 183 cm³/mol. The molecule has 2 heterocycles. The van der Waals surface area contributed by atoms with E-state index in [1.54, 1.807) is 51.1 Å². The monoisotopic (exact) mass is 704 g/mol. The average molecular weight is 706 g/mol. The van der Waals surface area contributed by atoms with Gasteiger partial charge in [-0.3, -0.25) is 0 Å². The summed E-state index contributed by atoms with van der Waals surface area (Å²) in [5.74, 6) is 2.02. The van der Waals surface area contributed by atoms with Crippen molar-refractivity contribution in [2.24, 2.45) is 0 Å². The molecule has 0 aliphatic rings. The van der Waals surface area contributed by atoms with Crippen LogP contribution in [0.4, 0.5) is 9.59 Å². The number of hydrogen-bond donors (Lipinski definition) is 2. The second-order valence-corrected chi connectivity index (χ2v) is 13.1. The van der Waals surface area contributed by atoms with Crippen molar-refractivity contribution >= 4 is 35.4 Å². The summed E-state index contributed by atoms with van der Waals surface area (Å²) in [4.78, 5) is 23.0. The number of benzene rings is 2. The minimum absolute atomic E-state index is 0.256. The second kappa shape index (κ2) is 17.7. The fraction of sp³-hybridized carbons (Fsp3) is 0.412. The van der Waals surface area contributed by atoms with Crippen molar-refractivity contribution in [2.45, 2.75) is 66.1 Å². The molecule has 0 atom stereocenters. The Bertz CT molecular complexity index is 1590. The Morgan fingerprint density at radius 1 is 0.729 bits per heavy atom. The van der Waals surface area contributed by atoms with E-state index < -0.39 is 23.4 Å². The van der Waals surface area contributed by atoms with Crippen LogP contribution in [0.3, 0.4) is 0 Å². The van der Waals surface area contributed by atoms with Gasteiger partial charge in [-0.1, -0.05) is 30.1 Å². The molecule has 48 heavy (non-hydrogen) atoms. The van der Waals surface area contributed by atoms with E-state index in [1.165, 1.54) is 0 Å². The van der Waals surface area contributed by atoms with Crippen LogP contribution >= 0.6 is 23.2 Å². The highest BCUT2D eigenvalue weighted by molar-refractivity contribution is 6.30. The third-order valence-corrected chi connectivity index (χ3v) is 6.36. The number of ether oxygens (including phenoxy) is 4. The number of amides is 2. The molecule has 2 aromatic heterocycles. The number of rotatable bonds is 11. The van der Waals surface area contributed by atoms with E-state index in [2.05, 4.69) is 20.9 Å². The Morgan fingerprint density at radius 2 is 1.23 bits per heavy atom. The lowest BCUT2D eigenvalue weighted by Crippen LogP contribution is -2.34. The molecule has 0 aliphatic heterocycles. The van der Waals surface area contributed by atoms with E-state index in [9.17, 15) is 9.59 Å². The molecule has 0 aliphatic carbocycles. The maximum atomic E-state index is 11.6. The molecule has 0 spiro atoms. The van der Waals surface area contributed by atoms with E-state index in [-0.39, 0.29) is 13.2 Å². The number of nitrogens with one attached hydrogen (secondary N) is 2. The van der Waals surface area contributed by atoms with Gasteiger partial charge in [0, 0.05) is 27.2 Å². The van der Waals surface area contributed by atoms with Gasteiger partial charge in [0.1, 0.15) is 24.4 Å². The van der Waals surface area contributed by atoms with Crippen molar-refractivity contribution in [1.82, 2.24) is 20.9 Å². The number of aromatic nitrogens is 2. The van der Waals surface area contributed by atoms with E-state index in [1.807, 2.05) is 52.0 Å². The molecular formula is C34H42Cl2N4O8. The molecule has 4 rings (SSSR count). The molecule has 2 amide bonds. The minimum atomic E-state index is -0.528. The standard InChI is InChI=1S/C18H23ClN2O4.C16H19ClN2O4/c1-5-14-15(12-6-8-13(19)9-7-12)25-21-16(14)23-11-10-20-17(22)24-18(2,3)4;1-16(2,3)22-15(20)18-8-9-21-14-10-13(23-19-14)11-4-6-12(17)7-5-11/h6-9H,5,10-11H2,1-4H3,(H,20,22);4-7,10H,8-9H2,1-3H3,(H,18,20). The molecule has 260 valence electrons. The summed E-state index contributed by atoms with van der Waals surface area (Å²) in [6.45, 7) is 14.0. The first-order valence-corrected chi connectivity index (χ1v) is 16.1. The highest BCUT2D eigenvalue weighted by atomic mass is 35.5. The summed E-state index contributed by atoms with van der Waals surface area (Å²) in [5.41, 5.74) is 1.56. The number of carbonyl (C=O) groups is 2. The van der Waals surface area contributed by atoms with Gasteiger partial charge in [-0.15, -0.1) is 0 Å². The van der Waals surface area contributed by atoms with E-state index in [0.29, 0.717) is 52.8 Å². The molecule has 0 saturated carbocycles. The normalized spacial score (nSPS) is 11.2. The van der Waals surface area contributed by atoms with Crippen molar-refractivity contribution in [3.05, 3.63) is 70.2 Å². The Labute approximate surface area is 290 Å². The highest BCUT2D eigenvalue weighted by Crippen LogP contribution is 2.32. The lowest BCUT2D eigenvalue weighted by molar-refractivity contribution is 0.0508. The fourth-order valence-corrected chi connectivity index (χ4v) is 4.11. The quantitative estimate of drug-likeness (QED) is 0.146. The highest BCUT2D eigenvalue weighted by Gasteiger charge is 2.19. The Balaban J connectivity index is 0.000000261. The number of nitrogens with zero attached hydrogens (tertiary/aromatic N) is 2. The van der Waals surface area contributed by atoms with Gasteiger partial charge in [-0.25, -0.2) is 9.59 Å². The van der Waals surface area contributed by atoms with Gasteiger partial charge in [0.05, 0.1) is 18.7 Å². The van der Waals surface area contributed by atoms with Crippen molar-refractivity contribution in [1.29, 1.82) is 0 Å². The summed E-state index contributed by atoms with van der Waals surface area (Å²) in [7, 11) is 0. The van der Waals surface area contributed by atoms with E-state index in [4.69, 9.17) is 51.2 Å². The van der Waals surface area contributed by atoms with Crippen molar-refractivity contribution in [2.75, 3.05) is 26.3 Å². The molecule has 0 bridgehead atoms. The molecule has 0 unspecified atom stereocenters. The molecule has 0 radical (unpaired) electrons. The molecule has 14 heteroatoms. The van der Waals surface area contributed by atoms with E-state index in [0.717, 1.165) is 16.7 Å². The van der Waals surface area contributed by atoms with Gasteiger partial charge in [0.15, 0.2) is 11.5 Å². The summed E-state index contributed by atoms with van der Waals surface area (Å²) < 4.78 is 31.9. The number of halogens is 2. The third-order valence-electron chi connectivity index (χ3n) is 5.86. The van der Waals surface area contributed by atoms with Crippen LogP contribution in [0, 0.1) is 0 Å². The predicted octanol–water partition coefficient (Wildman–Crippen LogP) is 8.36. The topological polar surface area (TPSA) is 147 Å². The molecule has 4 aromatic rings. The second-order valence-electron chi connectivity index (χ2n) is 12.2. The van der Waals surface area contributed by atoms with Crippen LogP contribution in [0.15, 0.2) is 63.6 Å². The molecule has 2 aromatic carbocycles.